The SMILES string of the molecule is CNC(=O)C(=O)CC[C@H](NC(=O)c1oc(Br)cc1C)C(=O)Nc1cccn(CC(=O)NC2C3CC4CC(C3)C2C4)c1=O. The molecular weight excluding hydrogens is 610 g/mol. The van der Waals surface area contributed by atoms with E-state index in [-0.39, 0.29) is 42.8 Å². The van der Waals surface area contributed by atoms with Crippen LogP contribution in [0.2, 0.25) is 0 Å². The lowest BCUT2D eigenvalue weighted by Gasteiger charge is -2.32. The van der Waals surface area contributed by atoms with Crippen LogP contribution in [0.5, 0.6) is 0 Å². The number of carbonyl (C=O) groups excluding carboxylic acids is 5. The van der Waals surface area contributed by atoms with E-state index in [4.69, 9.17) is 4.42 Å². The molecule has 0 saturated heterocycles. The number of nitrogens with one attached hydrogen (secondary N) is 4. The van der Waals surface area contributed by atoms with Crippen molar-refractivity contribution < 1.29 is 28.4 Å². The molecule has 0 spiro atoms. The van der Waals surface area contributed by atoms with Gasteiger partial charge in [0.05, 0.1) is 0 Å². The van der Waals surface area contributed by atoms with Gasteiger partial charge < -0.3 is 30.3 Å². The van der Waals surface area contributed by atoms with Gasteiger partial charge in [-0.15, -0.1) is 0 Å². The summed E-state index contributed by atoms with van der Waals surface area (Å²) in [5.41, 5.74) is -0.169. The summed E-state index contributed by atoms with van der Waals surface area (Å²) in [7, 11) is 1.31. The van der Waals surface area contributed by atoms with Gasteiger partial charge in [-0.2, -0.15) is 0 Å². The van der Waals surface area contributed by atoms with E-state index in [9.17, 15) is 28.8 Å². The summed E-state index contributed by atoms with van der Waals surface area (Å²) < 4.78 is 6.90. The van der Waals surface area contributed by atoms with Crippen molar-refractivity contribution in [2.24, 2.45) is 23.7 Å². The second-order valence-corrected chi connectivity index (χ2v) is 12.3. The molecule has 2 aromatic rings. The molecular formula is C29H34BrN5O7. The number of hydrogen-bond donors (Lipinski definition) is 4. The standard InChI is InChI=1S/C29H34BrN5O7/c1-14-8-22(30)42-25(14)28(40)32-19(5-6-21(36)27(39)31-2)26(38)33-20-4-3-7-35(29(20)41)13-23(37)34-24-17-10-15-9-16(12-17)18(24)11-15/h3-4,7-8,15-19,24H,5-6,9-13H2,1-2H3,(H,31,39)(H,32,40)(H,33,38)(H,34,37)/t15?,16?,17?,18?,19-,24?/m0/s1. The fraction of sp³-hybridized carbons (Fsp3) is 0.517. The number of Topliss-reactive ketones (excluding diaryl/α,β-unsaturated/α-hetero) is 1. The van der Waals surface area contributed by atoms with Crippen LogP contribution in [-0.4, -0.2) is 53.1 Å². The van der Waals surface area contributed by atoms with E-state index in [1.54, 1.807) is 13.0 Å². The number of furan rings is 1. The topological polar surface area (TPSA) is 169 Å². The highest BCUT2D eigenvalue weighted by molar-refractivity contribution is 9.10. The Bertz CT molecular complexity index is 1480. The molecule has 42 heavy (non-hydrogen) atoms. The fourth-order valence-corrected chi connectivity index (χ4v) is 7.52. The van der Waals surface area contributed by atoms with Crippen molar-refractivity contribution in [2.75, 3.05) is 12.4 Å². The first-order valence-electron chi connectivity index (χ1n) is 14.2. The molecule has 6 atom stereocenters. The van der Waals surface area contributed by atoms with Crippen molar-refractivity contribution in [3.63, 3.8) is 0 Å². The van der Waals surface area contributed by atoms with Crippen LogP contribution >= 0.6 is 15.9 Å². The zero-order chi connectivity index (χ0) is 30.1. The number of pyridine rings is 1. The first-order chi connectivity index (χ1) is 20.0. The molecule has 13 heteroatoms. The molecule has 4 amide bonds. The van der Waals surface area contributed by atoms with Crippen LogP contribution in [-0.2, 0) is 25.7 Å². The van der Waals surface area contributed by atoms with Crippen molar-refractivity contribution in [2.45, 2.75) is 64.1 Å². The number of hydrogen-bond acceptors (Lipinski definition) is 7. The molecule has 4 fully saturated rings. The maximum Gasteiger partial charge on any atom is 0.287 e. The maximum atomic E-state index is 13.3. The molecule has 0 aromatic carbocycles. The third-order valence-electron chi connectivity index (χ3n) is 8.83. The zero-order valence-corrected chi connectivity index (χ0v) is 25.0. The highest BCUT2D eigenvalue weighted by Gasteiger charge is 2.54. The number of anilines is 1. The summed E-state index contributed by atoms with van der Waals surface area (Å²) in [5.74, 6) is -0.842. The number of aryl methyl sites for hydroxylation is 1. The predicted octanol–water partition coefficient (Wildman–Crippen LogP) is 1.90. The Kier molecular flexibility index (Phi) is 8.67. The molecule has 4 aliphatic carbocycles. The van der Waals surface area contributed by atoms with Gasteiger partial charge in [0.1, 0.15) is 18.3 Å². The summed E-state index contributed by atoms with van der Waals surface area (Å²) in [6.45, 7) is 1.46. The van der Waals surface area contributed by atoms with Crippen LogP contribution in [0.25, 0.3) is 0 Å². The summed E-state index contributed by atoms with van der Waals surface area (Å²) in [5, 5.41) is 10.4. The molecule has 4 N–H and O–H groups in total. The summed E-state index contributed by atoms with van der Waals surface area (Å²) in [6.07, 6.45) is 5.68. The van der Waals surface area contributed by atoms with E-state index in [0.29, 0.717) is 28.0 Å². The minimum atomic E-state index is -1.28. The Labute approximate surface area is 250 Å². The molecule has 4 aliphatic rings. The lowest BCUT2D eigenvalue weighted by Crippen LogP contribution is -2.46. The van der Waals surface area contributed by atoms with E-state index < -0.39 is 35.1 Å². The van der Waals surface area contributed by atoms with E-state index >= 15 is 0 Å². The van der Waals surface area contributed by atoms with Gasteiger partial charge in [0.15, 0.2) is 10.4 Å². The Morgan fingerprint density at radius 1 is 1.12 bits per heavy atom. The Balaban J connectivity index is 1.26. The van der Waals surface area contributed by atoms with Gasteiger partial charge in [-0.25, -0.2) is 0 Å². The normalized spacial score (nSPS) is 24.2. The van der Waals surface area contributed by atoms with Crippen molar-refractivity contribution >= 4 is 51.0 Å². The second kappa shape index (κ2) is 12.2. The lowest BCUT2D eigenvalue weighted by molar-refractivity contribution is -0.137. The molecule has 0 radical (unpaired) electrons. The average molecular weight is 645 g/mol. The first kappa shape index (κ1) is 29.7. The van der Waals surface area contributed by atoms with Crippen LogP contribution in [0.3, 0.4) is 0 Å². The van der Waals surface area contributed by atoms with Crippen LogP contribution in [0.4, 0.5) is 5.69 Å². The minimum Gasteiger partial charge on any atom is -0.444 e. The molecule has 0 aliphatic heterocycles. The monoisotopic (exact) mass is 643 g/mol. The third-order valence-corrected chi connectivity index (χ3v) is 9.22. The fourth-order valence-electron chi connectivity index (χ4n) is 7.01. The van der Waals surface area contributed by atoms with Crippen LogP contribution in [0.1, 0.15) is 54.6 Å². The van der Waals surface area contributed by atoms with Gasteiger partial charge in [-0.1, -0.05) is 0 Å². The highest BCUT2D eigenvalue weighted by Crippen LogP contribution is 2.58. The molecule has 6 rings (SSSR count). The number of nitrogens with zero attached hydrogens (tertiary/aromatic N) is 1. The van der Waals surface area contributed by atoms with E-state index in [1.165, 1.54) is 36.4 Å². The van der Waals surface area contributed by atoms with Crippen molar-refractivity contribution in [3.8, 4) is 0 Å². The lowest BCUT2D eigenvalue weighted by atomic mass is 9.79. The number of aromatic nitrogens is 1. The summed E-state index contributed by atoms with van der Waals surface area (Å²) in [6, 6.07) is 3.39. The van der Waals surface area contributed by atoms with Crippen molar-refractivity contribution in [3.05, 3.63) is 50.7 Å². The molecule has 2 aromatic heterocycles. The summed E-state index contributed by atoms with van der Waals surface area (Å²) in [4.78, 5) is 76.1. The molecule has 2 heterocycles. The number of ketones is 1. The predicted molar refractivity (Wildman–Crippen MR) is 154 cm³/mol. The number of amides is 4. The molecule has 224 valence electrons. The maximum absolute atomic E-state index is 13.3. The van der Waals surface area contributed by atoms with E-state index in [0.717, 1.165) is 25.2 Å². The van der Waals surface area contributed by atoms with Crippen molar-refractivity contribution in [1.29, 1.82) is 0 Å². The summed E-state index contributed by atoms with van der Waals surface area (Å²) >= 11 is 3.16. The van der Waals surface area contributed by atoms with Gasteiger partial charge in [0, 0.05) is 31.3 Å². The second-order valence-electron chi connectivity index (χ2n) is 11.6. The third kappa shape index (κ3) is 6.20. The Hall–Kier alpha value is -3.74. The van der Waals surface area contributed by atoms with Gasteiger partial charge in [0.2, 0.25) is 17.6 Å². The number of halogens is 1. The van der Waals surface area contributed by atoms with Crippen LogP contribution in [0.15, 0.2) is 38.3 Å². The smallest absolute Gasteiger partial charge is 0.287 e. The minimum absolute atomic E-state index is 0.0333. The van der Waals surface area contributed by atoms with Crippen LogP contribution in [0, 0.1) is 30.6 Å². The molecule has 5 unspecified atom stereocenters. The number of likely N-dealkylation sites (N-methyl/N-ethyl adjacent to an activating group) is 1. The quantitative estimate of drug-likeness (QED) is 0.271. The first-order valence-corrected chi connectivity index (χ1v) is 14.9. The molecule has 12 nitrogen and oxygen atoms in total. The number of carbonyl (C=O) groups is 5. The largest absolute Gasteiger partial charge is 0.444 e. The molecule has 4 saturated carbocycles. The van der Waals surface area contributed by atoms with E-state index in [1.807, 2.05) is 0 Å². The van der Waals surface area contributed by atoms with Crippen LogP contribution < -0.4 is 26.8 Å². The van der Waals surface area contributed by atoms with Gasteiger partial charge >= 0.3 is 0 Å². The number of rotatable bonds is 11. The average Bonchev–Trinajstić information content (AvgIpc) is 3.53. The van der Waals surface area contributed by atoms with Gasteiger partial charge in [0.25, 0.3) is 17.4 Å². The highest BCUT2D eigenvalue weighted by atomic mass is 79.9. The molecule has 4 bridgehead atoms. The Morgan fingerprint density at radius 3 is 2.57 bits per heavy atom. The Morgan fingerprint density at radius 2 is 1.88 bits per heavy atom. The van der Waals surface area contributed by atoms with E-state index in [2.05, 4.69) is 37.2 Å². The van der Waals surface area contributed by atoms with Crippen molar-refractivity contribution in [1.82, 2.24) is 20.5 Å². The van der Waals surface area contributed by atoms with Gasteiger partial charge in [-0.05, 0) is 96.8 Å². The van der Waals surface area contributed by atoms with Gasteiger partial charge in [-0.3, -0.25) is 28.8 Å². The zero-order valence-electron chi connectivity index (χ0n) is 23.4.